The SMILES string of the molecule is CCOc1ccccc1NS(=O)(=O)c1ccc(C=Cc2onc(C)c2NC(=O)C2CC2)s1. The number of thiophene rings is 1. The molecule has 1 aliphatic rings. The van der Waals surface area contributed by atoms with Crippen LogP contribution in [-0.2, 0) is 14.8 Å². The lowest BCUT2D eigenvalue weighted by Crippen LogP contribution is -2.14. The summed E-state index contributed by atoms with van der Waals surface area (Å²) in [5.41, 5.74) is 1.51. The molecule has 8 nitrogen and oxygen atoms in total. The van der Waals surface area contributed by atoms with E-state index in [1.165, 1.54) is 6.07 Å². The molecule has 10 heteroatoms. The van der Waals surface area contributed by atoms with Gasteiger partial charge in [0.05, 0.1) is 12.3 Å². The van der Waals surface area contributed by atoms with Crippen molar-refractivity contribution in [3.05, 3.63) is 52.7 Å². The van der Waals surface area contributed by atoms with Gasteiger partial charge in [-0.2, -0.15) is 0 Å². The fraction of sp³-hybridized carbons (Fsp3) is 0.273. The molecule has 0 atom stereocenters. The number of hydrogen-bond acceptors (Lipinski definition) is 7. The molecule has 0 unspecified atom stereocenters. The second-order valence-corrected chi connectivity index (χ2v) is 10.3. The Kier molecular flexibility index (Phi) is 6.33. The fourth-order valence-corrected chi connectivity index (χ4v) is 5.28. The van der Waals surface area contributed by atoms with Crippen molar-refractivity contribution in [2.24, 2.45) is 5.92 Å². The van der Waals surface area contributed by atoms with E-state index in [0.29, 0.717) is 40.1 Å². The molecule has 1 amide bonds. The van der Waals surface area contributed by atoms with E-state index >= 15 is 0 Å². The number of benzene rings is 1. The molecule has 0 aliphatic heterocycles. The maximum atomic E-state index is 12.8. The van der Waals surface area contributed by atoms with Crippen molar-refractivity contribution < 1.29 is 22.5 Å². The largest absolute Gasteiger partial charge is 0.492 e. The van der Waals surface area contributed by atoms with Gasteiger partial charge in [-0.1, -0.05) is 17.3 Å². The molecule has 0 saturated heterocycles. The molecule has 1 aliphatic carbocycles. The number of nitrogens with zero attached hydrogens (tertiary/aromatic N) is 1. The Morgan fingerprint density at radius 1 is 1.25 bits per heavy atom. The zero-order valence-corrected chi connectivity index (χ0v) is 19.3. The van der Waals surface area contributed by atoms with Crippen LogP contribution < -0.4 is 14.8 Å². The molecule has 1 saturated carbocycles. The van der Waals surface area contributed by atoms with Gasteiger partial charge in [-0.3, -0.25) is 9.52 Å². The molecular formula is C22H23N3O5S2. The second kappa shape index (κ2) is 9.17. The summed E-state index contributed by atoms with van der Waals surface area (Å²) < 4.78 is 39.2. The van der Waals surface area contributed by atoms with Crippen molar-refractivity contribution in [2.75, 3.05) is 16.6 Å². The number of nitrogens with one attached hydrogen (secondary N) is 2. The molecule has 32 heavy (non-hydrogen) atoms. The van der Waals surface area contributed by atoms with Crippen LogP contribution in [0.2, 0.25) is 0 Å². The highest BCUT2D eigenvalue weighted by molar-refractivity contribution is 7.94. The van der Waals surface area contributed by atoms with Crippen LogP contribution in [0.3, 0.4) is 0 Å². The summed E-state index contributed by atoms with van der Waals surface area (Å²) in [5.74, 6) is 0.912. The molecule has 0 bridgehead atoms. The second-order valence-electron chi connectivity index (χ2n) is 7.30. The first-order valence-corrected chi connectivity index (χ1v) is 12.5. The molecule has 2 heterocycles. The van der Waals surface area contributed by atoms with E-state index < -0.39 is 10.0 Å². The topological polar surface area (TPSA) is 111 Å². The van der Waals surface area contributed by atoms with Gasteiger partial charge in [0.15, 0.2) is 5.76 Å². The van der Waals surface area contributed by atoms with Crippen LogP contribution in [0.1, 0.15) is 36.1 Å². The van der Waals surface area contributed by atoms with Crippen molar-refractivity contribution >= 4 is 50.8 Å². The van der Waals surface area contributed by atoms with Gasteiger partial charge in [-0.25, -0.2) is 8.42 Å². The average molecular weight is 474 g/mol. The number of rotatable bonds is 9. The van der Waals surface area contributed by atoms with Crippen LogP contribution >= 0.6 is 11.3 Å². The Morgan fingerprint density at radius 2 is 2.03 bits per heavy atom. The predicted octanol–water partition coefficient (Wildman–Crippen LogP) is 4.76. The Morgan fingerprint density at radius 3 is 2.78 bits per heavy atom. The van der Waals surface area contributed by atoms with Crippen LogP contribution in [0.25, 0.3) is 12.2 Å². The molecular weight excluding hydrogens is 450 g/mol. The van der Waals surface area contributed by atoms with Crippen molar-refractivity contribution in [3.8, 4) is 5.75 Å². The van der Waals surface area contributed by atoms with Gasteiger partial charge in [-0.05, 0) is 63.1 Å². The number of sulfonamides is 1. The first kappa shape index (κ1) is 22.1. The number of anilines is 2. The summed E-state index contributed by atoms with van der Waals surface area (Å²) in [6.45, 7) is 4.02. The highest BCUT2D eigenvalue weighted by Crippen LogP contribution is 2.33. The maximum absolute atomic E-state index is 12.8. The lowest BCUT2D eigenvalue weighted by atomic mass is 10.2. The van der Waals surface area contributed by atoms with Gasteiger partial charge >= 0.3 is 0 Å². The van der Waals surface area contributed by atoms with Crippen LogP contribution in [0, 0.1) is 12.8 Å². The van der Waals surface area contributed by atoms with E-state index in [2.05, 4.69) is 15.2 Å². The number of carbonyl (C=O) groups is 1. The van der Waals surface area contributed by atoms with Gasteiger partial charge in [-0.15, -0.1) is 11.3 Å². The summed E-state index contributed by atoms with van der Waals surface area (Å²) in [6, 6.07) is 10.1. The lowest BCUT2D eigenvalue weighted by Gasteiger charge is -2.11. The summed E-state index contributed by atoms with van der Waals surface area (Å²) in [5, 5.41) is 6.79. The lowest BCUT2D eigenvalue weighted by molar-refractivity contribution is -0.117. The summed E-state index contributed by atoms with van der Waals surface area (Å²) >= 11 is 1.11. The standard InChI is InChI=1S/C22H23N3O5S2/c1-3-29-18-7-5-4-6-17(18)25-32(27,28)20-13-11-16(31-20)10-12-19-21(14(2)24-30-19)23-22(26)15-8-9-15/h4-7,10-13,15,25H,3,8-9H2,1-2H3,(H,23,26). The first-order valence-electron chi connectivity index (χ1n) is 10.2. The molecule has 168 valence electrons. The van der Waals surface area contributed by atoms with E-state index in [9.17, 15) is 13.2 Å². The Bertz CT molecular complexity index is 1260. The zero-order valence-electron chi connectivity index (χ0n) is 17.6. The van der Waals surface area contributed by atoms with Gasteiger partial charge in [0.2, 0.25) is 5.91 Å². The van der Waals surface area contributed by atoms with Crippen LogP contribution in [0.4, 0.5) is 11.4 Å². The van der Waals surface area contributed by atoms with Crippen molar-refractivity contribution in [3.63, 3.8) is 0 Å². The van der Waals surface area contributed by atoms with Crippen LogP contribution in [0.15, 0.2) is 45.1 Å². The Hall–Kier alpha value is -3.11. The molecule has 0 spiro atoms. The predicted molar refractivity (Wildman–Crippen MR) is 124 cm³/mol. The van der Waals surface area contributed by atoms with E-state index in [1.54, 1.807) is 49.4 Å². The quantitative estimate of drug-likeness (QED) is 0.463. The van der Waals surface area contributed by atoms with E-state index in [4.69, 9.17) is 9.26 Å². The Labute approximate surface area is 190 Å². The maximum Gasteiger partial charge on any atom is 0.271 e. The molecule has 2 N–H and O–H groups in total. The minimum absolute atomic E-state index is 0.0335. The summed E-state index contributed by atoms with van der Waals surface area (Å²) in [7, 11) is -3.78. The first-order chi connectivity index (χ1) is 15.4. The highest BCUT2D eigenvalue weighted by atomic mass is 32.2. The smallest absolute Gasteiger partial charge is 0.271 e. The van der Waals surface area contributed by atoms with Gasteiger partial charge < -0.3 is 14.6 Å². The highest BCUT2D eigenvalue weighted by Gasteiger charge is 2.30. The summed E-state index contributed by atoms with van der Waals surface area (Å²) in [6.07, 6.45) is 5.20. The number of aryl methyl sites for hydroxylation is 1. The van der Waals surface area contributed by atoms with Crippen molar-refractivity contribution in [1.29, 1.82) is 0 Å². The van der Waals surface area contributed by atoms with Gasteiger partial charge in [0.1, 0.15) is 21.3 Å². The molecule has 0 radical (unpaired) electrons. The molecule has 1 fully saturated rings. The van der Waals surface area contributed by atoms with Gasteiger partial charge in [0.25, 0.3) is 10.0 Å². The van der Waals surface area contributed by atoms with Gasteiger partial charge in [0, 0.05) is 10.8 Å². The number of hydrogen-bond donors (Lipinski definition) is 2. The number of carbonyl (C=O) groups excluding carboxylic acids is 1. The van der Waals surface area contributed by atoms with E-state index in [0.717, 1.165) is 24.2 Å². The Balaban J connectivity index is 1.50. The minimum atomic E-state index is -3.78. The molecule has 2 aromatic heterocycles. The van der Waals surface area contributed by atoms with Crippen LogP contribution in [0.5, 0.6) is 5.75 Å². The molecule has 4 rings (SSSR count). The van der Waals surface area contributed by atoms with Crippen LogP contribution in [-0.4, -0.2) is 26.1 Å². The van der Waals surface area contributed by atoms with E-state index in [-0.39, 0.29) is 16.0 Å². The third kappa shape index (κ3) is 5.03. The third-order valence-corrected chi connectivity index (χ3v) is 7.69. The normalized spacial score (nSPS) is 13.9. The molecule has 3 aromatic rings. The third-order valence-electron chi connectivity index (χ3n) is 4.78. The average Bonchev–Trinajstić information content (AvgIpc) is 3.41. The monoisotopic (exact) mass is 473 g/mol. The van der Waals surface area contributed by atoms with E-state index in [1.807, 2.05) is 6.92 Å². The van der Waals surface area contributed by atoms with Crippen molar-refractivity contribution in [2.45, 2.75) is 30.9 Å². The number of para-hydroxylation sites is 2. The molecule has 1 aromatic carbocycles. The minimum Gasteiger partial charge on any atom is -0.492 e. The van der Waals surface area contributed by atoms with Crippen molar-refractivity contribution in [1.82, 2.24) is 5.16 Å². The number of aromatic nitrogens is 1. The fourth-order valence-electron chi connectivity index (χ4n) is 2.98. The number of amides is 1. The number of ether oxygens (including phenoxy) is 1. The zero-order chi connectivity index (χ0) is 22.7. The summed E-state index contributed by atoms with van der Waals surface area (Å²) in [4.78, 5) is 12.8.